The van der Waals surface area contributed by atoms with Crippen LogP contribution >= 0.6 is 0 Å². The predicted molar refractivity (Wildman–Crippen MR) is 127 cm³/mol. The molecule has 0 aliphatic carbocycles. The summed E-state index contributed by atoms with van der Waals surface area (Å²) in [6.07, 6.45) is 2.79. The van der Waals surface area contributed by atoms with Crippen LogP contribution < -0.4 is 5.32 Å². The first-order valence-electron chi connectivity index (χ1n) is 11.1. The standard InChI is InChI=1S/C23H31N3O5S2/c1-3-25(32(28,29)21-11-7-19(2)8-12-21)18-23(27)24-17-20-9-13-22(14-10-20)33(30,31)26-15-5-4-6-16-26/h7-14H,3-6,15-18H2,1-2H3,(H,24,27). The number of rotatable bonds is 9. The lowest BCUT2D eigenvalue weighted by atomic mass is 10.2. The number of hydrogen-bond acceptors (Lipinski definition) is 5. The number of carbonyl (C=O) groups excluding carboxylic acids is 1. The molecular weight excluding hydrogens is 462 g/mol. The molecule has 1 heterocycles. The lowest BCUT2D eigenvalue weighted by molar-refractivity contribution is -0.121. The van der Waals surface area contributed by atoms with Crippen LogP contribution in [0.5, 0.6) is 0 Å². The Labute approximate surface area is 196 Å². The maximum atomic E-state index is 12.8. The number of aryl methyl sites for hydroxylation is 1. The molecule has 0 saturated carbocycles. The molecule has 2 aromatic carbocycles. The molecule has 1 N–H and O–H groups in total. The highest BCUT2D eigenvalue weighted by Crippen LogP contribution is 2.21. The molecule has 1 saturated heterocycles. The zero-order valence-electron chi connectivity index (χ0n) is 19.0. The van der Waals surface area contributed by atoms with E-state index in [1.54, 1.807) is 43.3 Å². The number of carbonyl (C=O) groups is 1. The second-order valence-electron chi connectivity index (χ2n) is 8.13. The molecule has 10 heteroatoms. The lowest BCUT2D eigenvalue weighted by Gasteiger charge is -2.25. The van der Waals surface area contributed by atoms with Crippen LogP contribution in [0.4, 0.5) is 0 Å². The van der Waals surface area contributed by atoms with Gasteiger partial charge >= 0.3 is 0 Å². The van der Waals surface area contributed by atoms with E-state index in [1.165, 1.54) is 16.4 Å². The number of piperidine rings is 1. The van der Waals surface area contributed by atoms with Gasteiger partial charge in [0.15, 0.2) is 0 Å². The van der Waals surface area contributed by atoms with Gasteiger partial charge in [0.2, 0.25) is 26.0 Å². The zero-order valence-corrected chi connectivity index (χ0v) is 20.7. The van der Waals surface area contributed by atoms with Crippen LogP contribution in [-0.2, 0) is 31.4 Å². The Bertz CT molecular complexity index is 1160. The van der Waals surface area contributed by atoms with Crippen molar-refractivity contribution in [2.75, 3.05) is 26.2 Å². The summed E-state index contributed by atoms with van der Waals surface area (Å²) in [7, 11) is -7.28. The molecule has 33 heavy (non-hydrogen) atoms. The first-order chi connectivity index (χ1) is 15.6. The number of amides is 1. The van der Waals surface area contributed by atoms with E-state index in [9.17, 15) is 21.6 Å². The van der Waals surface area contributed by atoms with Crippen LogP contribution in [0.3, 0.4) is 0 Å². The van der Waals surface area contributed by atoms with Gasteiger partial charge in [0, 0.05) is 26.2 Å². The third-order valence-electron chi connectivity index (χ3n) is 5.70. The van der Waals surface area contributed by atoms with Gasteiger partial charge < -0.3 is 5.32 Å². The van der Waals surface area contributed by atoms with E-state index in [0.717, 1.165) is 34.7 Å². The molecule has 8 nitrogen and oxygen atoms in total. The topological polar surface area (TPSA) is 104 Å². The Morgan fingerprint density at radius 1 is 0.909 bits per heavy atom. The number of likely N-dealkylation sites (N-methyl/N-ethyl adjacent to an activating group) is 1. The van der Waals surface area contributed by atoms with E-state index in [0.29, 0.717) is 13.1 Å². The van der Waals surface area contributed by atoms with E-state index in [1.807, 2.05) is 6.92 Å². The zero-order chi connectivity index (χ0) is 24.1. The first-order valence-corrected chi connectivity index (χ1v) is 13.9. The van der Waals surface area contributed by atoms with Crippen LogP contribution in [0.15, 0.2) is 58.3 Å². The fourth-order valence-corrected chi connectivity index (χ4v) is 6.60. The Balaban J connectivity index is 1.59. The van der Waals surface area contributed by atoms with E-state index in [4.69, 9.17) is 0 Å². The minimum absolute atomic E-state index is 0.147. The Morgan fingerprint density at radius 3 is 2.06 bits per heavy atom. The number of sulfonamides is 2. The predicted octanol–water partition coefficient (Wildman–Crippen LogP) is 2.50. The van der Waals surface area contributed by atoms with Crippen molar-refractivity contribution in [3.05, 3.63) is 59.7 Å². The molecule has 0 radical (unpaired) electrons. The molecule has 1 aliphatic rings. The van der Waals surface area contributed by atoms with Crippen LogP contribution in [0.1, 0.15) is 37.3 Å². The normalized spacial score (nSPS) is 15.5. The summed E-state index contributed by atoms with van der Waals surface area (Å²) in [5, 5.41) is 2.71. The minimum atomic E-state index is -3.78. The molecule has 180 valence electrons. The van der Waals surface area contributed by atoms with Crippen LogP contribution in [0, 0.1) is 6.92 Å². The maximum Gasteiger partial charge on any atom is 0.243 e. The van der Waals surface area contributed by atoms with Gasteiger partial charge in [-0.2, -0.15) is 8.61 Å². The van der Waals surface area contributed by atoms with Crippen molar-refractivity contribution in [1.82, 2.24) is 13.9 Å². The largest absolute Gasteiger partial charge is 0.351 e. The Morgan fingerprint density at radius 2 is 1.48 bits per heavy atom. The first kappa shape index (κ1) is 25.4. The average molecular weight is 494 g/mol. The number of nitrogens with zero attached hydrogens (tertiary/aromatic N) is 2. The second kappa shape index (κ2) is 10.8. The van der Waals surface area contributed by atoms with Crippen molar-refractivity contribution >= 4 is 26.0 Å². The third kappa shape index (κ3) is 6.20. The fraction of sp³-hybridized carbons (Fsp3) is 0.435. The van der Waals surface area contributed by atoms with Crippen molar-refractivity contribution in [3.8, 4) is 0 Å². The Kier molecular flexibility index (Phi) is 8.28. The van der Waals surface area contributed by atoms with Gasteiger partial charge in [-0.25, -0.2) is 16.8 Å². The summed E-state index contributed by atoms with van der Waals surface area (Å²) < 4.78 is 53.8. The quantitative estimate of drug-likeness (QED) is 0.578. The summed E-state index contributed by atoms with van der Waals surface area (Å²) in [4.78, 5) is 12.8. The van der Waals surface area contributed by atoms with Crippen LogP contribution in [0.25, 0.3) is 0 Å². The van der Waals surface area contributed by atoms with Crippen LogP contribution in [0.2, 0.25) is 0 Å². The fourth-order valence-electron chi connectivity index (χ4n) is 3.68. The molecule has 0 unspecified atom stereocenters. The van der Waals surface area contributed by atoms with Crippen molar-refractivity contribution < 1.29 is 21.6 Å². The molecule has 1 aliphatic heterocycles. The van der Waals surface area contributed by atoms with E-state index in [-0.39, 0.29) is 29.4 Å². The van der Waals surface area contributed by atoms with Gasteiger partial charge in [-0.05, 0) is 49.6 Å². The van der Waals surface area contributed by atoms with Gasteiger partial charge in [0.25, 0.3) is 0 Å². The monoisotopic (exact) mass is 493 g/mol. The molecular formula is C23H31N3O5S2. The summed E-state index contributed by atoms with van der Waals surface area (Å²) in [6.45, 7) is 4.67. The number of nitrogens with one attached hydrogen (secondary N) is 1. The number of benzene rings is 2. The molecule has 3 rings (SSSR count). The summed E-state index contributed by atoms with van der Waals surface area (Å²) in [6, 6.07) is 12.9. The molecule has 0 atom stereocenters. The van der Waals surface area contributed by atoms with Crippen molar-refractivity contribution in [3.63, 3.8) is 0 Å². The lowest BCUT2D eigenvalue weighted by Crippen LogP contribution is -2.40. The van der Waals surface area contributed by atoms with E-state index < -0.39 is 26.0 Å². The van der Waals surface area contributed by atoms with Crippen molar-refractivity contribution in [2.45, 2.75) is 49.4 Å². The average Bonchev–Trinajstić information content (AvgIpc) is 2.82. The SMILES string of the molecule is CCN(CC(=O)NCc1ccc(S(=O)(=O)N2CCCCC2)cc1)S(=O)(=O)c1ccc(C)cc1. The smallest absolute Gasteiger partial charge is 0.243 e. The molecule has 1 amide bonds. The van der Waals surface area contributed by atoms with Crippen molar-refractivity contribution in [2.24, 2.45) is 0 Å². The van der Waals surface area contributed by atoms with E-state index >= 15 is 0 Å². The summed E-state index contributed by atoms with van der Waals surface area (Å²) in [5.41, 5.74) is 1.68. The van der Waals surface area contributed by atoms with E-state index in [2.05, 4.69) is 5.32 Å². The van der Waals surface area contributed by atoms with Gasteiger partial charge in [0.05, 0.1) is 16.3 Å². The molecule has 0 bridgehead atoms. The summed E-state index contributed by atoms with van der Waals surface area (Å²) in [5.74, 6) is -0.433. The minimum Gasteiger partial charge on any atom is -0.351 e. The number of hydrogen-bond donors (Lipinski definition) is 1. The third-order valence-corrected chi connectivity index (χ3v) is 9.55. The summed E-state index contributed by atoms with van der Waals surface area (Å²) >= 11 is 0. The highest BCUT2D eigenvalue weighted by molar-refractivity contribution is 7.89. The van der Waals surface area contributed by atoms with Gasteiger partial charge in [-0.15, -0.1) is 0 Å². The maximum absolute atomic E-state index is 12.8. The highest BCUT2D eigenvalue weighted by atomic mass is 32.2. The van der Waals surface area contributed by atoms with Crippen molar-refractivity contribution in [1.29, 1.82) is 0 Å². The Hall–Kier alpha value is -2.27. The van der Waals surface area contributed by atoms with Gasteiger partial charge in [-0.3, -0.25) is 4.79 Å². The highest BCUT2D eigenvalue weighted by Gasteiger charge is 2.26. The van der Waals surface area contributed by atoms with Crippen LogP contribution in [-0.4, -0.2) is 57.5 Å². The molecule has 0 spiro atoms. The molecule has 0 aromatic heterocycles. The second-order valence-corrected chi connectivity index (χ2v) is 12.0. The molecule has 1 fully saturated rings. The van der Waals surface area contributed by atoms with Gasteiger partial charge in [-0.1, -0.05) is 43.2 Å². The van der Waals surface area contributed by atoms with Gasteiger partial charge in [0.1, 0.15) is 0 Å². The molecule has 2 aromatic rings.